The highest BCUT2D eigenvalue weighted by Crippen LogP contribution is 2.43. The normalized spacial score (nSPS) is 21.2. The molecule has 2 aromatic rings. The third-order valence-electron chi connectivity index (χ3n) is 3.43. The van der Waals surface area contributed by atoms with Gasteiger partial charge in [0.1, 0.15) is 10.8 Å². The molecule has 0 saturated heterocycles. The number of nitrogens with two attached hydrogens (primary N) is 1. The number of pyridine rings is 1. The van der Waals surface area contributed by atoms with Gasteiger partial charge in [-0.05, 0) is 30.4 Å². The highest BCUT2D eigenvalue weighted by molar-refractivity contribution is 7.15. The van der Waals surface area contributed by atoms with Gasteiger partial charge in [-0.3, -0.25) is 4.98 Å². The van der Waals surface area contributed by atoms with Crippen molar-refractivity contribution in [3.8, 4) is 10.7 Å². The molecule has 19 heavy (non-hydrogen) atoms. The maximum atomic E-state index is 12.9. The predicted octanol–water partition coefficient (Wildman–Crippen LogP) is 3.32. The standard InChI is InChI=1S/C14H16FN3S/c1-14(2)5-9(16)12-11(6-14)18-13(19-12)10-4-3-8(15)7-17-10/h3-4,7,9H,5-6,16H2,1-2H3. The van der Waals surface area contributed by atoms with Crippen molar-refractivity contribution in [3.63, 3.8) is 0 Å². The molecule has 0 amide bonds. The Hall–Kier alpha value is -1.33. The Morgan fingerprint density at radius 3 is 2.89 bits per heavy atom. The maximum Gasteiger partial charge on any atom is 0.142 e. The summed E-state index contributed by atoms with van der Waals surface area (Å²) in [6.07, 6.45) is 3.13. The Bertz CT molecular complexity index is 604. The zero-order valence-corrected chi connectivity index (χ0v) is 11.8. The minimum absolute atomic E-state index is 0.0467. The van der Waals surface area contributed by atoms with E-state index in [1.807, 2.05) is 0 Å². The highest BCUT2D eigenvalue weighted by atomic mass is 32.1. The van der Waals surface area contributed by atoms with Crippen LogP contribution < -0.4 is 5.73 Å². The Morgan fingerprint density at radius 2 is 2.21 bits per heavy atom. The molecule has 0 bridgehead atoms. The first-order valence-corrected chi connectivity index (χ1v) is 7.13. The van der Waals surface area contributed by atoms with Crippen molar-refractivity contribution >= 4 is 11.3 Å². The molecule has 2 heterocycles. The molecule has 1 aliphatic rings. The van der Waals surface area contributed by atoms with Gasteiger partial charge in [-0.1, -0.05) is 13.8 Å². The Balaban J connectivity index is 2.01. The zero-order valence-electron chi connectivity index (χ0n) is 11.0. The van der Waals surface area contributed by atoms with Crippen molar-refractivity contribution in [2.75, 3.05) is 0 Å². The van der Waals surface area contributed by atoms with E-state index in [0.29, 0.717) is 5.69 Å². The Labute approximate surface area is 115 Å². The van der Waals surface area contributed by atoms with Gasteiger partial charge in [0.25, 0.3) is 0 Å². The summed E-state index contributed by atoms with van der Waals surface area (Å²) in [7, 11) is 0. The lowest BCUT2D eigenvalue weighted by Gasteiger charge is -2.32. The van der Waals surface area contributed by atoms with Crippen LogP contribution >= 0.6 is 11.3 Å². The van der Waals surface area contributed by atoms with Crippen molar-refractivity contribution < 1.29 is 4.39 Å². The molecule has 1 unspecified atom stereocenters. The van der Waals surface area contributed by atoms with Gasteiger partial charge in [-0.25, -0.2) is 9.37 Å². The van der Waals surface area contributed by atoms with Gasteiger partial charge in [0.15, 0.2) is 0 Å². The minimum Gasteiger partial charge on any atom is -0.323 e. The van der Waals surface area contributed by atoms with E-state index in [2.05, 4.69) is 23.8 Å². The molecule has 1 atom stereocenters. The van der Waals surface area contributed by atoms with Crippen LogP contribution in [-0.2, 0) is 6.42 Å². The molecular formula is C14H16FN3S. The van der Waals surface area contributed by atoms with Crippen LogP contribution in [0.1, 0.15) is 36.9 Å². The van der Waals surface area contributed by atoms with Crippen molar-refractivity contribution in [1.29, 1.82) is 0 Å². The van der Waals surface area contributed by atoms with Crippen LogP contribution in [-0.4, -0.2) is 9.97 Å². The number of thiazole rings is 1. The second kappa shape index (κ2) is 4.35. The molecule has 0 saturated carbocycles. The van der Waals surface area contributed by atoms with E-state index in [1.165, 1.54) is 12.3 Å². The molecule has 2 aromatic heterocycles. The van der Waals surface area contributed by atoms with Crippen molar-refractivity contribution in [2.24, 2.45) is 11.1 Å². The summed E-state index contributed by atoms with van der Waals surface area (Å²) in [4.78, 5) is 9.89. The quantitative estimate of drug-likeness (QED) is 0.870. The lowest BCUT2D eigenvalue weighted by atomic mass is 9.77. The topological polar surface area (TPSA) is 51.8 Å². The molecule has 5 heteroatoms. The second-order valence-electron chi connectivity index (χ2n) is 5.84. The number of aromatic nitrogens is 2. The fourth-order valence-corrected chi connectivity index (χ4v) is 3.67. The first-order valence-electron chi connectivity index (χ1n) is 6.32. The number of fused-ring (bicyclic) bond motifs is 1. The van der Waals surface area contributed by atoms with Crippen LogP contribution in [0.5, 0.6) is 0 Å². The molecule has 100 valence electrons. The van der Waals surface area contributed by atoms with E-state index in [9.17, 15) is 4.39 Å². The molecule has 3 nitrogen and oxygen atoms in total. The molecule has 0 aromatic carbocycles. The summed E-state index contributed by atoms with van der Waals surface area (Å²) >= 11 is 1.58. The summed E-state index contributed by atoms with van der Waals surface area (Å²) in [6.45, 7) is 4.43. The van der Waals surface area contributed by atoms with Crippen LogP contribution in [0.4, 0.5) is 4.39 Å². The zero-order chi connectivity index (χ0) is 13.6. The Kier molecular flexibility index (Phi) is 2.91. The molecule has 0 aliphatic heterocycles. The van der Waals surface area contributed by atoms with E-state index < -0.39 is 0 Å². The molecule has 0 spiro atoms. The third kappa shape index (κ3) is 2.40. The highest BCUT2D eigenvalue weighted by Gasteiger charge is 2.33. The summed E-state index contributed by atoms with van der Waals surface area (Å²) in [5.41, 5.74) is 8.21. The molecule has 3 rings (SSSR count). The van der Waals surface area contributed by atoms with Gasteiger partial charge < -0.3 is 5.73 Å². The lowest BCUT2D eigenvalue weighted by molar-refractivity contribution is 0.282. The molecule has 0 radical (unpaired) electrons. The fraction of sp³-hybridized carbons (Fsp3) is 0.429. The molecule has 2 N–H and O–H groups in total. The van der Waals surface area contributed by atoms with Gasteiger partial charge in [0.05, 0.1) is 17.6 Å². The van der Waals surface area contributed by atoms with Gasteiger partial charge in [-0.2, -0.15) is 0 Å². The average molecular weight is 277 g/mol. The van der Waals surface area contributed by atoms with E-state index in [4.69, 9.17) is 5.73 Å². The molecule has 0 fully saturated rings. The second-order valence-corrected chi connectivity index (χ2v) is 6.87. The number of hydrogen-bond donors (Lipinski definition) is 1. The Morgan fingerprint density at radius 1 is 1.42 bits per heavy atom. The average Bonchev–Trinajstić information content (AvgIpc) is 2.72. The van der Waals surface area contributed by atoms with Gasteiger partial charge >= 0.3 is 0 Å². The largest absolute Gasteiger partial charge is 0.323 e. The number of halogens is 1. The van der Waals surface area contributed by atoms with Gasteiger partial charge in [0, 0.05) is 10.9 Å². The van der Waals surface area contributed by atoms with Gasteiger partial charge in [0.2, 0.25) is 0 Å². The van der Waals surface area contributed by atoms with Crippen LogP contribution in [0.3, 0.4) is 0 Å². The smallest absolute Gasteiger partial charge is 0.142 e. The van der Waals surface area contributed by atoms with Crippen molar-refractivity contribution in [2.45, 2.75) is 32.7 Å². The van der Waals surface area contributed by atoms with E-state index in [1.54, 1.807) is 17.4 Å². The summed E-state index contributed by atoms with van der Waals surface area (Å²) < 4.78 is 12.9. The van der Waals surface area contributed by atoms with Crippen LogP contribution in [0.25, 0.3) is 10.7 Å². The monoisotopic (exact) mass is 277 g/mol. The van der Waals surface area contributed by atoms with Crippen LogP contribution in [0, 0.1) is 11.2 Å². The van der Waals surface area contributed by atoms with Crippen molar-refractivity contribution in [3.05, 3.63) is 34.7 Å². The fourth-order valence-electron chi connectivity index (χ4n) is 2.61. The van der Waals surface area contributed by atoms with E-state index >= 15 is 0 Å². The van der Waals surface area contributed by atoms with E-state index in [0.717, 1.165) is 28.4 Å². The first-order chi connectivity index (χ1) is 8.94. The summed E-state index contributed by atoms with van der Waals surface area (Å²) in [5, 5.41) is 0.832. The molecular weight excluding hydrogens is 261 g/mol. The molecule has 1 aliphatic carbocycles. The van der Waals surface area contributed by atoms with Crippen molar-refractivity contribution in [1.82, 2.24) is 9.97 Å². The SMILES string of the molecule is CC1(C)Cc2nc(-c3ccc(F)cn3)sc2C(N)C1. The number of nitrogens with zero attached hydrogens (tertiary/aromatic N) is 2. The maximum absolute atomic E-state index is 12.9. The number of rotatable bonds is 1. The summed E-state index contributed by atoms with van der Waals surface area (Å²) in [6, 6.07) is 3.12. The lowest BCUT2D eigenvalue weighted by Crippen LogP contribution is -2.28. The summed E-state index contributed by atoms with van der Waals surface area (Å²) in [5.74, 6) is -0.331. The third-order valence-corrected chi connectivity index (χ3v) is 4.68. The van der Waals surface area contributed by atoms with Crippen LogP contribution in [0.15, 0.2) is 18.3 Å². The first kappa shape index (κ1) is 12.7. The van der Waals surface area contributed by atoms with Crippen LogP contribution in [0.2, 0.25) is 0 Å². The predicted molar refractivity (Wildman–Crippen MR) is 74.3 cm³/mol. The van der Waals surface area contributed by atoms with Gasteiger partial charge in [-0.15, -0.1) is 11.3 Å². The van der Waals surface area contributed by atoms with E-state index in [-0.39, 0.29) is 17.3 Å². The minimum atomic E-state index is -0.331. The number of hydrogen-bond acceptors (Lipinski definition) is 4.